The average molecular weight is 323 g/mol. The van der Waals surface area contributed by atoms with Gasteiger partial charge >= 0.3 is 0 Å². The quantitative estimate of drug-likeness (QED) is 0.776. The molecule has 0 saturated carbocycles. The topological polar surface area (TPSA) is 54.0 Å². The van der Waals surface area contributed by atoms with Gasteiger partial charge in [-0.15, -0.1) is 0 Å². The summed E-state index contributed by atoms with van der Waals surface area (Å²) in [6, 6.07) is 5.00. The molecule has 0 saturated heterocycles. The van der Waals surface area contributed by atoms with Crippen LogP contribution in [0, 0.1) is 17.5 Å². The molecule has 0 unspecified atom stereocenters. The zero-order valence-corrected chi connectivity index (χ0v) is 12.5. The lowest BCUT2D eigenvalue weighted by molar-refractivity contribution is -0.116. The summed E-state index contributed by atoms with van der Waals surface area (Å²) in [5, 5.41) is 5.23. The molecule has 1 heterocycles. The predicted molar refractivity (Wildman–Crippen MR) is 82.0 cm³/mol. The van der Waals surface area contributed by atoms with Crippen LogP contribution >= 0.6 is 0 Å². The number of halogens is 3. The second-order valence-electron chi connectivity index (χ2n) is 4.93. The molecule has 1 aromatic heterocycles. The molecule has 1 amide bonds. The third kappa shape index (κ3) is 4.45. The van der Waals surface area contributed by atoms with Gasteiger partial charge in [0, 0.05) is 6.42 Å². The maximum Gasteiger partial charge on any atom is 0.225 e. The van der Waals surface area contributed by atoms with Gasteiger partial charge in [0.2, 0.25) is 5.91 Å². The monoisotopic (exact) mass is 323 g/mol. The lowest BCUT2D eigenvalue weighted by Gasteiger charge is -2.09. The van der Waals surface area contributed by atoms with Gasteiger partial charge in [0.1, 0.15) is 5.82 Å². The van der Waals surface area contributed by atoms with Crippen LogP contribution in [0.1, 0.15) is 26.2 Å². The molecule has 4 nitrogen and oxygen atoms in total. The van der Waals surface area contributed by atoms with Crippen LogP contribution in [0.3, 0.4) is 0 Å². The standard InChI is InChI=1S/C16H16F3N3O/c1-2-3-4-14(23)22-13-8-5-10(9-20-13)21-12-7-6-11(17)15(18)16(12)19/h5-9,21H,2-4H2,1H3,(H,20,22,23). The van der Waals surface area contributed by atoms with E-state index in [1.807, 2.05) is 6.92 Å². The highest BCUT2D eigenvalue weighted by Crippen LogP contribution is 2.23. The molecule has 0 aliphatic rings. The molecule has 0 aliphatic carbocycles. The van der Waals surface area contributed by atoms with Gasteiger partial charge in [0.15, 0.2) is 17.5 Å². The third-order valence-corrected chi connectivity index (χ3v) is 3.10. The number of nitrogens with one attached hydrogen (secondary N) is 2. The minimum absolute atomic E-state index is 0.133. The largest absolute Gasteiger partial charge is 0.352 e. The SMILES string of the molecule is CCCCC(=O)Nc1ccc(Nc2ccc(F)c(F)c2F)cn1. The molecule has 122 valence electrons. The summed E-state index contributed by atoms with van der Waals surface area (Å²) in [5.74, 6) is -3.87. The first-order valence-corrected chi connectivity index (χ1v) is 7.17. The number of benzene rings is 1. The number of rotatable bonds is 6. The van der Waals surface area contributed by atoms with Crippen molar-refractivity contribution in [3.63, 3.8) is 0 Å². The molecule has 2 rings (SSSR count). The van der Waals surface area contributed by atoms with E-state index in [9.17, 15) is 18.0 Å². The molecule has 2 aromatic rings. The molecule has 0 spiro atoms. The van der Waals surface area contributed by atoms with Crippen molar-refractivity contribution in [2.24, 2.45) is 0 Å². The van der Waals surface area contributed by atoms with Crippen LogP contribution in [0.4, 0.5) is 30.4 Å². The number of hydrogen-bond donors (Lipinski definition) is 2. The number of unbranched alkanes of at least 4 members (excludes halogenated alkanes) is 1. The van der Waals surface area contributed by atoms with Crippen molar-refractivity contribution in [2.45, 2.75) is 26.2 Å². The summed E-state index contributed by atoms with van der Waals surface area (Å²) >= 11 is 0. The van der Waals surface area contributed by atoms with Crippen LogP contribution in [0.25, 0.3) is 0 Å². The zero-order chi connectivity index (χ0) is 16.8. The molecule has 0 bridgehead atoms. The normalized spacial score (nSPS) is 10.4. The van der Waals surface area contributed by atoms with E-state index in [1.54, 1.807) is 6.07 Å². The van der Waals surface area contributed by atoms with Crippen LogP contribution in [-0.2, 0) is 4.79 Å². The van der Waals surface area contributed by atoms with E-state index in [-0.39, 0.29) is 11.6 Å². The number of hydrogen-bond acceptors (Lipinski definition) is 3. The highest BCUT2D eigenvalue weighted by Gasteiger charge is 2.13. The van der Waals surface area contributed by atoms with Crippen LogP contribution in [0.2, 0.25) is 0 Å². The van der Waals surface area contributed by atoms with E-state index in [4.69, 9.17) is 0 Å². The highest BCUT2D eigenvalue weighted by atomic mass is 19.2. The number of aromatic nitrogens is 1. The molecular formula is C16H16F3N3O. The van der Waals surface area contributed by atoms with Gasteiger partial charge in [-0.2, -0.15) is 0 Å². The van der Waals surface area contributed by atoms with Crippen molar-refractivity contribution in [3.8, 4) is 0 Å². The van der Waals surface area contributed by atoms with Gasteiger partial charge in [-0.25, -0.2) is 18.2 Å². The second kappa shape index (κ2) is 7.62. The summed E-state index contributed by atoms with van der Waals surface area (Å²) in [6.07, 6.45) is 3.48. The van der Waals surface area contributed by atoms with Gasteiger partial charge in [-0.05, 0) is 30.7 Å². The minimum Gasteiger partial charge on any atom is -0.352 e. The van der Waals surface area contributed by atoms with Crippen molar-refractivity contribution in [1.29, 1.82) is 0 Å². The van der Waals surface area contributed by atoms with Gasteiger partial charge < -0.3 is 10.6 Å². The number of nitrogens with zero attached hydrogens (tertiary/aromatic N) is 1. The number of amides is 1. The summed E-state index contributed by atoms with van der Waals surface area (Å²) in [7, 11) is 0. The van der Waals surface area contributed by atoms with Crippen molar-refractivity contribution in [1.82, 2.24) is 4.98 Å². The molecule has 23 heavy (non-hydrogen) atoms. The average Bonchev–Trinajstić information content (AvgIpc) is 2.55. The summed E-state index contributed by atoms with van der Waals surface area (Å²) in [4.78, 5) is 15.6. The Bertz CT molecular complexity index is 690. The van der Waals surface area contributed by atoms with Crippen LogP contribution < -0.4 is 10.6 Å². The fraction of sp³-hybridized carbons (Fsp3) is 0.250. The van der Waals surface area contributed by atoms with E-state index in [2.05, 4.69) is 15.6 Å². The molecule has 0 atom stereocenters. The zero-order valence-electron chi connectivity index (χ0n) is 12.5. The highest BCUT2D eigenvalue weighted by molar-refractivity contribution is 5.89. The first-order valence-electron chi connectivity index (χ1n) is 7.17. The molecule has 1 aromatic carbocycles. The molecule has 2 N–H and O–H groups in total. The molecular weight excluding hydrogens is 307 g/mol. The van der Waals surface area contributed by atoms with Gasteiger partial charge in [0.05, 0.1) is 17.6 Å². The van der Waals surface area contributed by atoms with E-state index in [1.165, 1.54) is 12.3 Å². The second-order valence-corrected chi connectivity index (χ2v) is 4.93. The minimum atomic E-state index is -1.54. The Morgan fingerprint density at radius 1 is 1.13 bits per heavy atom. The Morgan fingerprint density at radius 2 is 1.91 bits per heavy atom. The Hall–Kier alpha value is -2.57. The number of pyridine rings is 1. The Balaban J connectivity index is 2.03. The van der Waals surface area contributed by atoms with Crippen LogP contribution in [-0.4, -0.2) is 10.9 Å². The Morgan fingerprint density at radius 3 is 2.57 bits per heavy atom. The maximum absolute atomic E-state index is 13.6. The lowest BCUT2D eigenvalue weighted by Crippen LogP contribution is -2.12. The first-order chi connectivity index (χ1) is 11.0. The maximum atomic E-state index is 13.6. The molecule has 0 fully saturated rings. The van der Waals surface area contributed by atoms with E-state index in [0.717, 1.165) is 25.0 Å². The lowest BCUT2D eigenvalue weighted by atomic mass is 10.2. The van der Waals surface area contributed by atoms with Crippen LogP contribution in [0.5, 0.6) is 0 Å². The Labute approximate surface area is 131 Å². The smallest absolute Gasteiger partial charge is 0.225 e. The number of anilines is 3. The van der Waals surface area contributed by atoms with Crippen molar-refractivity contribution in [3.05, 3.63) is 47.9 Å². The fourth-order valence-electron chi connectivity index (χ4n) is 1.86. The molecule has 0 aliphatic heterocycles. The predicted octanol–water partition coefficient (Wildman–Crippen LogP) is 4.37. The van der Waals surface area contributed by atoms with Gasteiger partial charge in [-0.3, -0.25) is 4.79 Å². The summed E-state index contributed by atoms with van der Waals surface area (Å²) < 4.78 is 39.6. The van der Waals surface area contributed by atoms with Crippen molar-refractivity contribution >= 4 is 23.1 Å². The van der Waals surface area contributed by atoms with Crippen molar-refractivity contribution in [2.75, 3.05) is 10.6 Å². The van der Waals surface area contributed by atoms with Crippen LogP contribution in [0.15, 0.2) is 30.5 Å². The molecule has 0 radical (unpaired) electrons. The van der Waals surface area contributed by atoms with E-state index >= 15 is 0 Å². The number of carbonyl (C=O) groups is 1. The third-order valence-electron chi connectivity index (χ3n) is 3.10. The van der Waals surface area contributed by atoms with E-state index < -0.39 is 17.5 Å². The van der Waals surface area contributed by atoms with Gasteiger partial charge in [0.25, 0.3) is 0 Å². The molecule has 7 heteroatoms. The van der Waals surface area contributed by atoms with E-state index in [0.29, 0.717) is 17.9 Å². The summed E-state index contributed by atoms with van der Waals surface area (Å²) in [5.41, 5.74) is 0.173. The number of carbonyl (C=O) groups excluding carboxylic acids is 1. The van der Waals surface area contributed by atoms with Gasteiger partial charge in [-0.1, -0.05) is 13.3 Å². The first kappa shape index (κ1) is 16.8. The fourth-order valence-corrected chi connectivity index (χ4v) is 1.86. The van der Waals surface area contributed by atoms with Crippen molar-refractivity contribution < 1.29 is 18.0 Å². The Kier molecular flexibility index (Phi) is 5.56. The summed E-state index contributed by atoms with van der Waals surface area (Å²) in [6.45, 7) is 1.99.